The molecule has 4 rings (SSSR count). The van der Waals surface area contributed by atoms with E-state index in [0.29, 0.717) is 13.2 Å². The van der Waals surface area contributed by atoms with Crippen molar-refractivity contribution in [1.29, 1.82) is 0 Å². The number of rotatable bonds is 1. The van der Waals surface area contributed by atoms with Crippen LogP contribution in [0.4, 0.5) is 0 Å². The molecular formula is C14H12O2S3. The van der Waals surface area contributed by atoms with Gasteiger partial charge in [0.15, 0.2) is 11.5 Å². The summed E-state index contributed by atoms with van der Waals surface area (Å²) in [6, 6.07) is 4.54. The molecule has 0 amide bonds. The minimum absolute atomic E-state index is 0.648. The van der Waals surface area contributed by atoms with Crippen LogP contribution in [-0.2, 0) is 0 Å². The van der Waals surface area contributed by atoms with Gasteiger partial charge in [0.2, 0.25) is 0 Å². The van der Waals surface area contributed by atoms with E-state index in [0.717, 1.165) is 11.5 Å². The number of hydrogen-bond acceptors (Lipinski definition) is 5. The first-order valence-electron chi connectivity index (χ1n) is 6.12. The Bertz CT molecular complexity index is 732. The molecule has 19 heavy (non-hydrogen) atoms. The molecule has 4 heterocycles. The Morgan fingerprint density at radius 2 is 1.63 bits per heavy atom. The van der Waals surface area contributed by atoms with E-state index in [-0.39, 0.29) is 0 Å². The molecule has 0 bridgehead atoms. The van der Waals surface area contributed by atoms with Crippen molar-refractivity contribution in [3.05, 3.63) is 21.9 Å². The Labute approximate surface area is 123 Å². The first-order chi connectivity index (χ1) is 9.22. The van der Waals surface area contributed by atoms with E-state index in [1.54, 1.807) is 11.3 Å². The summed E-state index contributed by atoms with van der Waals surface area (Å²) in [5.41, 5.74) is 0. The largest absolute Gasteiger partial charge is 0.485 e. The second-order valence-corrected chi connectivity index (χ2v) is 8.14. The Morgan fingerprint density at radius 1 is 0.895 bits per heavy atom. The van der Waals surface area contributed by atoms with Crippen molar-refractivity contribution in [2.24, 2.45) is 0 Å². The highest BCUT2D eigenvalue weighted by Gasteiger charge is 2.24. The van der Waals surface area contributed by atoms with Crippen molar-refractivity contribution in [3.8, 4) is 21.3 Å². The zero-order valence-corrected chi connectivity index (χ0v) is 13.1. The van der Waals surface area contributed by atoms with Gasteiger partial charge in [0.05, 0.1) is 9.75 Å². The molecule has 0 aromatic carbocycles. The Morgan fingerprint density at radius 3 is 2.42 bits per heavy atom. The van der Waals surface area contributed by atoms with Crippen molar-refractivity contribution < 1.29 is 9.47 Å². The Kier molecular flexibility index (Phi) is 2.62. The van der Waals surface area contributed by atoms with E-state index < -0.39 is 0 Å². The summed E-state index contributed by atoms with van der Waals surface area (Å²) in [6.07, 6.45) is 0. The van der Waals surface area contributed by atoms with Crippen molar-refractivity contribution in [1.82, 2.24) is 0 Å². The molecule has 0 spiro atoms. The van der Waals surface area contributed by atoms with Crippen LogP contribution in [0.15, 0.2) is 12.1 Å². The maximum atomic E-state index is 5.82. The molecule has 0 atom stereocenters. The van der Waals surface area contributed by atoms with Crippen LogP contribution < -0.4 is 9.47 Å². The molecule has 5 heteroatoms. The first kappa shape index (κ1) is 11.8. The number of fused-ring (bicyclic) bond motifs is 2. The SMILES string of the molecule is Cc1cc2sc(-c3sc(C)c4c3OCCO4)cc2s1. The van der Waals surface area contributed by atoms with Crippen LogP contribution in [0.2, 0.25) is 0 Å². The van der Waals surface area contributed by atoms with E-state index in [4.69, 9.17) is 9.47 Å². The molecule has 3 aromatic rings. The van der Waals surface area contributed by atoms with E-state index in [9.17, 15) is 0 Å². The summed E-state index contributed by atoms with van der Waals surface area (Å²) in [7, 11) is 0. The molecule has 2 nitrogen and oxygen atoms in total. The number of aryl methyl sites for hydroxylation is 2. The van der Waals surface area contributed by atoms with Crippen LogP contribution in [0.5, 0.6) is 11.5 Å². The molecule has 0 unspecified atom stereocenters. The summed E-state index contributed by atoms with van der Waals surface area (Å²) >= 11 is 5.47. The van der Waals surface area contributed by atoms with Gasteiger partial charge in [-0.05, 0) is 26.0 Å². The third kappa shape index (κ3) is 1.80. The Balaban J connectivity index is 1.89. The molecule has 1 aliphatic rings. The smallest absolute Gasteiger partial charge is 0.181 e. The van der Waals surface area contributed by atoms with E-state index in [2.05, 4.69) is 26.0 Å². The minimum Gasteiger partial charge on any atom is -0.485 e. The average molecular weight is 308 g/mol. The average Bonchev–Trinajstić information content (AvgIpc) is 3.01. The second kappa shape index (κ2) is 4.23. The molecule has 0 saturated heterocycles. The van der Waals surface area contributed by atoms with E-state index in [1.165, 1.54) is 28.9 Å². The lowest BCUT2D eigenvalue weighted by atomic mass is 10.3. The highest BCUT2D eigenvalue weighted by Crippen LogP contribution is 2.51. The van der Waals surface area contributed by atoms with Gasteiger partial charge < -0.3 is 9.47 Å². The highest BCUT2D eigenvalue weighted by molar-refractivity contribution is 7.31. The fourth-order valence-electron chi connectivity index (χ4n) is 2.32. The van der Waals surface area contributed by atoms with Crippen molar-refractivity contribution in [2.45, 2.75) is 13.8 Å². The zero-order chi connectivity index (χ0) is 13.0. The van der Waals surface area contributed by atoms with Crippen LogP contribution in [0.3, 0.4) is 0 Å². The van der Waals surface area contributed by atoms with Gasteiger partial charge in [-0.15, -0.1) is 34.0 Å². The molecule has 0 aliphatic carbocycles. The third-order valence-electron chi connectivity index (χ3n) is 3.12. The minimum atomic E-state index is 0.648. The lowest BCUT2D eigenvalue weighted by molar-refractivity contribution is 0.173. The lowest BCUT2D eigenvalue weighted by Gasteiger charge is -2.16. The fourth-order valence-corrected chi connectivity index (χ4v) is 5.78. The van der Waals surface area contributed by atoms with E-state index >= 15 is 0 Å². The van der Waals surface area contributed by atoms with Gasteiger partial charge in [-0.2, -0.15) is 0 Å². The van der Waals surface area contributed by atoms with Gasteiger partial charge in [0, 0.05) is 19.2 Å². The predicted octanol–water partition coefficient (Wildman–Crippen LogP) is 5.08. The highest BCUT2D eigenvalue weighted by atomic mass is 32.1. The van der Waals surface area contributed by atoms with Gasteiger partial charge in [-0.25, -0.2) is 0 Å². The Hall–Kier alpha value is -1.04. The topological polar surface area (TPSA) is 18.5 Å². The molecule has 0 saturated carbocycles. The summed E-state index contributed by atoms with van der Waals surface area (Å²) in [6.45, 7) is 5.56. The first-order valence-corrected chi connectivity index (χ1v) is 8.56. The van der Waals surface area contributed by atoms with E-state index in [1.807, 2.05) is 22.7 Å². The van der Waals surface area contributed by atoms with Gasteiger partial charge in [-0.3, -0.25) is 0 Å². The summed E-state index contributed by atoms with van der Waals surface area (Å²) < 4.78 is 14.3. The van der Waals surface area contributed by atoms with Gasteiger partial charge in [0.25, 0.3) is 0 Å². The fraction of sp³-hybridized carbons (Fsp3) is 0.286. The monoisotopic (exact) mass is 308 g/mol. The number of ether oxygens (including phenoxy) is 2. The van der Waals surface area contributed by atoms with Gasteiger partial charge in [0.1, 0.15) is 13.2 Å². The van der Waals surface area contributed by atoms with Gasteiger partial charge in [-0.1, -0.05) is 0 Å². The molecule has 98 valence electrons. The van der Waals surface area contributed by atoms with Crippen LogP contribution in [0.1, 0.15) is 9.75 Å². The predicted molar refractivity (Wildman–Crippen MR) is 83.5 cm³/mol. The number of thiophene rings is 3. The second-order valence-electron chi connectivity index (χ2n) is 4.54. The molecule has 0 radical (unpaired) electrons. The molecule has 3 aromatic heterocycles. The maximum absolute atomic E-state index is 5.82. The standard InChI is InChI=1S/C14H12O2S3/c1-7-5-9-10(17-7)6-11(19-9)14-13-12(8(2)18-14)15-3-4-16-13/h5-6H,3-4H2,1-2H3. The normalized spacial score (nSPS) is 14.2. The summed E-state index contributed by atoms with van der Waals surface area (Å²) in [5.74, 6) is 1.89. The lowest BCUT2D eigenvalue weighted by Crippen LogP contribution is -2.14. The summed E-state index contributed by atoms with van der Waals surface area (Å²) in [4.78, 5) is 5.09. The zero-order valence-electron chi connectivity index (χ0n) is 10.6. The number of hydrogen-bond donors (Lipinski definition) is 0. The van der Waals surface area contributed by atoms with Crippen LogP contribution in [-0.4, -0.2) is 13.2 Å². The molecule has 0 N–H and O–H groups in total. The maximum Gasteiger partial charge on any atom is 0.181 e. The quantitative estimate of drug-likeness (QED) is 0.624. The van der Waals surface area contributed by atoms with Crippen LogP contribution >= 0.6 is 34.0 Å². The molecule has 1 aliphatic heterocycles. The van der Waals surface area contributed by atoms with Crippen molar-refractivity contribution in [2.75, 3.05) is 13.2 Å². The van der Waals surface area contributed by atoms with Gasteiger partial charge >= 0.3 is 0 Å². The van der Waals surface area contributed by atoms with Crippen molar-refractivity contribution >= 4 is 43.4 Å². The van der Waals surface area contributed by atoms with Crippen LogP contribution in [0.25, 0.3) is 19.2 Å². The third-order valence-corrected chi connectivity index (χ3v) is 6.57. The molecule has 0 fully saturated rings. The summed E-state index contributed by atoms with van der Waals surface area (Å²) in [5, 5.41) is 0. The molecular weight excluding hydrogens is 296 g/mol. The van der Waals surface area contributed by atoms with Crippen LogP contribution in [0, 0.1) is 13.8 Å². The van der Waals surface area contributed by atoms with Crippen molar-refractivity contribution in [3.63, 3.8) is 0 Å².